The van der Waals surface area contributed by atoms with Crippen LogP contribution >= 0.6 is 0 Å². The molecule has 0 radical (unpaired) electrons. The van der Waals surface area contributed by atoms with Crippen molar-refractivity contribution in [1.82, 2.24) is 14.7 Å². The molecular weight excluding hydrogens is 364 g/mol. The van der Waals surface area contributed by atoms with Crippen LogP contribution < -0.4 is 21.0 Å². The van der Waals surface area contributed by atoms with Gasteiger partial charge in [0.15, 0.2) is 5.49 Å². The number of H-pyrrole nitrogens is 1. The third-order valence-corrected chi connectivity index (χ3v) is 5.79. The lowest BCUT2D eigenvalue weighted by Crippen LogP contribution is -2.46. The molecule has 1 fully saturated rings. The summed E-state index contributed by atoms with van der Waals surface area (Å²) in [6, 6.07) is 17.7. The number of aromatic amines is 1. The third kappa shape index (κ3) is 3.05. The van der Waals surface area contributed by atoms with Gasteiger partial charge in [-0.1, -0.05) is 36.8 Å². The Morgan fingerprint density at radius 3 is 2.59 bits per heavy atom. The molecule has 2 aliphatic rings. The summed E-state index contributed by atoms with van der Waals surface area (Å²) in [6.45, 7) is 0.908. The first kappa shape index (κ1) is 17.8. The summed E-state index contributed by atoms with van der Waals surface area (Å²) in [5, 5.41) is 3.98. The molecule has 1 aromatic heterocycles. The van der Waals surface area contributed by atoms with Crippen molar-refractivity contribution in [3.8, 4) is 11.4 Å². The topological polar surface area (TPSA) is 62.6 Å². The predicted molar refractivity (Wildman–Crippen MR) is 111 cm³/mol. The maximum atomic E-state index is 13.3. The molecule has 6 nitrogen and oxygen atoms in total. The molecule has 0 spiro atoms. The van der Waals surface area contributed by atoms with Gasteiger partial charge in [0.2, 0.25) is 0 Å². The van der Waals surface area contributed by atoms with Crippen LogP contribution in [-0.2, 0) is 0 Å². The zero-order valence-corrected chi connectivity index (χ0v) is 16.5. The maximum absolute atomic E-state index is 13.3. The van der Waals surface area contributed by atoms with Crippen LogP contribution in [0.1, 0.15) is 37.4 Å². The Balaban J connectivity index is 1.72. The summed E-state index contributed by atoms with van der Waals surface area (Å²) in [5.41, 5.74) is 3.69. The average Bonchev–Trinajstić information content (AvgIpc) is 2.94. The molecule has 3 heterocycles. The highest BCUT2D eigenvalue weighted by molar-refractivity contribution is 5.46. The monoisotopic (exact) mass is 388 g/mol. The van der Waals surface area contributed by atoms with Crippen LogP contribution in [0.25, 0.3) is 11.4 Å². The molecule has 5 rings (SSSR count). The number of para-hydroxylation sites is 1. The highest BCUT2D eigenvalue weighted by Gasteiger charge is 2.29. The number of ether oxygens (including phenoxy) is 1. The van der Waals surface area contributed by atoms with Crippen molar-refractivity contribution in [1.29, 1.82) is 0 Å². The average molecular weight is 388 g/mol. The molecule has 2 aliphatic heterocycles. The van der Waals surface area contributed by atoms with Crippen molar-refractivity contribution in [2.45, 2.75) is 31.8 Å². The highest BCUT2D eigenvalue weighted by atomic mass is 16.5. The van der Waals surface area contributed by atoms with Gasteiger partial charge in [0, 0.05) is 12.2 Å². The molecule has 0 saturated carbocycles. The number of benzene rings is 2. The summed E-state index contributed by atoms with van der Waals surface area (Å²) < 4.78 is 6.92. The lowest BCUT2D eigenvalue weighted by atomic mass is 10.1. The van der Waals surface area contributed by atoms with Crippen LogP contribution in [0.4, 0.5) is 0 Å². The van der Waals surface area contributed by atoms with Crippen LogP contribution in [0.5, 0.6) is 5.75 Å². The third-order valence-electron chi connectivity index (χ3n) is 5.79. The molecule has 148 valence electrons. The number of nitrogens with zero attached hydrogens (tertiary/aromatic N) is 3. The Morgan fingerprint density at radius 1 is 1.03 bits per heavy atom. The van der Waals surface area contributed by atoms with E-state index in [0.29, 0.717) is 5.49 Å². The second-order valence-corrected chi connectivity index (χ2v) is 7.54. The van der Waals surface area contributed by atoms with Crippen molar-refractivity contribution in [2.75, 3.05) is 13.7 Å². The minimum absolute atomic E-state index is 0.0231. The van der Waals surface area contributed by atoms with Gasteiger partial charge in [-0.05, 0) is 49.1 Å². The number of methoxy groups -OCH3 is 1. The minimum atomic E-state index is -0.135. The smallest absolute Gasteiger partial charge is 0.282 e. The Bertz CT molecular complexity index is 1190. The van der Waals surface area contributed by atoms with Crippen molar-refractivity contribution in [3.63, 3.8) is 0 Å². The fourth-order valence-electron chi connectivity index (χ4n) is 4.33. The number of hydrogen-bond donors (Lipinski definition) is 1. The molecule has 29 heavy (non-hydrogen) atoms. The SMILES string of the molecule is COc1ccc([C@H]2N=c3[nH]n(-c4ccccc4)c(=O)c3=C3CCCCCN32)cc1. The Morgan fingerprint density at radius 2 is 1.83 bits per heavy atom. The molecule has 2 aromatic carbocycles. The standard InChI is InChI=1S/C23H24N4O2/c1-29-18-13-11-16(12-14-18)22-24-21-20(19-10-6-3-7-15-26(19)22)23(28)27(25-21)17-8-4-2-5-9-17/h2,4-5,8-9,11-14,22H,3,6-7,10,15H2,1H3,(H,24,25)/t22-/m0/s1. The molecule has 0 aliphatic carbocycles. The number of aromatic nitrogens is 2. The van der Waals surface area contributed by atoms with Crippen molar-refractivity contribution >= 4 is 5.70 Å². The quantitative estimate of drug-likeness (QED) is 0.750. The van der Waals surface area contributed by atoms with E-state index in [0.717, 1.165) is 53.7 Å². The van der Waals surface area contributed by atoms with Gasteiger partial charge in [-0.25, -0.2) is 9.67 Å². The molecule has 1 N–H and O–H groups in total. The van der Waals surface area contributed by atoms with E-state index in [9.17, 15) is 4.79 Å². The van der Waals surface area contributed by atoms with E-state index in [2.05, 4.69) is 22.1 Å². The van der Waals surface area contributed by atoms with Gasteiger partial charge in [0.05, 0.1) is 12.8 Å². The zero-order chi connectivity index (χ0) is 19.8. The molecule has 0 bridgehead atoms. The summed E-state index contributed by atoms with van der Waals surface area (Å²) in [5.74, 6) is 0.828. The van der Waals surface area contributed by atoms with E-state index in [-0.39, 0.29) is 11.7 Å². The van der Waals surface area contributed by atoms with Gasteiger partial charge in [0.1, 0.15) is 17.1 Å². The summed E-state index contributed by atoms with van der Waals surface area (Å²) in [7, 11) is 1.67. The Hall–Kier alpha value is -3.28. The first-order valence-corrected chi connectivity index (χ1v) is 10.1. The number of nitrogens with one attached hydrogen (secondary N) is 1. The molecule has 1 atom stereocenters. The van der Waals surface area contributed by atoms with E-state index in [1.54, 1.807) is 11.8 Å². The van der Waals surface area contributed by atoms with Crippen LogP contribution in [0, 0.1) is 0 Å². The minimum Gasteiger partial charge on any atom is -0.497 e. The Kier molecular flexibility index (Phi) is 4.46. The fourth-order valence-corrected chi connectivity index (χ4v) is 4.33. The van der Waals surface area contributed by atoms with Gasteiger partial charge in [-0.2, -0.15) is 0 Å². The van der Waals surface area contributed by atoms with Gasteiger partial charge < -0.3 is 9.64 Å². The summed E-state index contributed by atoms with van der Waals surface area (Å²) in [6.07, 6.45) is 4.14. The van der Waals surface area contributed by atoms with Crippen LogP contribution in [0.3, 0.4) is 0 Å². The van der Waals surface area contributed by atoms with Crippen molar-refractivity contribution in [2.24, 2.45) is 4.99 Å². The van der Waals surface area contributed by atoms with Crippen LogP contribution in [0.15, 0.2) is 64.4 Å². The van der Waals surface area contributed by atoms with E-state index in [1.807, 2.05) is 42.5 Å². The second-order valence-electron chi connectivity index (χ2n) is 7.54. The van der Waals surface area contributed by atoms with Crippen LogP contribution in [-0.4, -0.2) is 28.3 Å². The van der Waals surface area contributed by atoms with Crippen LogP contribution in [0.2, 0.25) is 0 Å². The van der Waals surface area contributed by atoms with Gasteiger partial charge >= 0.3 is 0 Å². The lowest BCUT2D eigenvalue weighted by Gasteiger charge is -2.33. The normalized spacial score (nSPS) is 18.4. The van der Waals surface area contributed by atoms with E-state index >= 15 is 0 Å². The molecule has 0 amide bonds. The van der Waals surface area contributed by atoms with Crippen molar-refractivity contribution < 1.29 is 4.74 Å². The molecule has 3 aromatic rings. The lowest BCUT2D eigenvalue weighted by molar-refractivity contribution is 0.289. The molecule has 1 saturated heterocycles. The number of hydrogen-bond acceptors (Lipinski definition) is 4. The molecule has 0 unspecified atom stereocenters. The predicted octanol–water partition coefficient (Wildman–Crippen LogP) is 2.49. The van der Waals surface area contributed by atoms with Gasteiger partial charge in [-0.3, -0.25) is 9.89 Å². The second kappa shape index (κ2) is 7.28. The fraction of sp³-hybridized carbons (Fsp3) is 0.304. The van der Waals surface area contributed by atoms with E-state index in [4.69, 9.17) is 9.73 Å². The zero-order valence-electron chi connectivity index (χ0n) is 16.5. The highest BCUT2D eigenvalue weighted by Crippen LogP contribution is 2.32. The summed E-state index contributed by atoms with van der Waals surface area (Å²) in [4.78, 5) is 20.6. The van der Waals surface area contributed by atoms with E-state index < -0.39 is 0 Å². The van der Waals surface area contributed by atoms with Gasteiger partial charge in [-0.15, -0.1) is 0 Å². The van der Waals surface area contributed by atoms with Gasteiger partial charge in [0.25, 0.3) is 5.56 Å². The number of rotatable bonds is 3. The summed E-state index contributed by atoms with van der Waals surface area (Å²) >= 11 is 0. The molecular formula is C23H24N4O2. The Labute approximate surface area is 168 Å². The first-order chi connectivity index (χ1) is 14.3. The van der Waals surface area contributed by atoms with Crippen molar-refractivity contribution in [3.05, 3.63) is 81.2 Å². The molecule has 6 heteroatoms. The largest absolute Gasteiger partial charge is 0.497 e. The van der Waals surface area contributed by atoms with E-state index in [1.165, 1.54) is 6.42 Å². The first-order valence-electron chi connectivity index (χ1n) is 10.1. The number of fused-ring (bicyclic) bond motifs is 2. The maximum Gasteiger partial charge on any atom is 0.282 e.